The average molecular weight is 299 g/mol. The van der Waals surface area contributed by atoms with Gasteiger partial charge in [-0.15, -0.1) is 0 Å². The molecule has 1 aromatic carbocycles. The second-order valence-electron chi connectivity index (χ2n) is 4.69. The fraction of sp³-hybridized carbons (Fsp3) is 0.462. The van der Waals surface area contributed by atoms with Gasteiger partial charge in [-0.2, -0.15) is 0 Å². The highest BCUT2D eigenvalue weighted by Gasteiger charge is 2.28. The largest absolute Gasteiger partial charge is 0.492 e. The molecule has 1 heterocycles. The average Bonchev–Trinajstić information content (AvgIpc) is 2.42. The molecule has 20 heavy (non-hydrogen) atoms. The first-order valence-electron chi connectivity index (χ1n) is 6.37. The zero-order valence-electron chi connectivity index (χ0n) is 11.2. The van der Waals surface area contributed by atoms with E-state index < -0.39 is 15.9 Å². The van der Waals surface area contributed by atoms with Crippen LogP contribution >= 0.6 is 0 Å². The van der Waals surface area contributed by atoms with Gasteiger partial charge in [0.05, 0.1) is 17.4 Å². The Balaban J connectivity index is 2.18. The third-order valence-corrected chi connectivity index (χ3v) is 3.96. The first-order chi connectivity index (χ1) is 9.41. The number of rotatable bonds is 4. The minimum absolute atomic E-state index is 0.0161. The third kappa shape index (κ3) is 3.29. The van der Waals surface area contributed by atoms with Gasteiger partial charge in [0.15, 0.2) is 0 Å². The Morgan fingerprint density at radius 1 is 1.50 bits per heavy atom. The van der Waals surface area contributed by atoms with Gasteiger partial charge < -0.3 is 9.47 Å². The second kappa shape index (κ2) is 5.80. The van der Waals surface area contributed by atoms with Crippen LogP contribution in [0.1, 0.15) is 18.9 Å². The van der Waals surface area contributed by atoms with Crippen LogP contribution in [0.4, 0.5) is 0 Å². The fourth-order valence-corrected chi connectivity index (χ4v) is 2.58. The standard InChI is InChI=1S/C13H17NO5S/c1-2-5-18-13(15)10-6-9-7-11(20(14,16)17)3-4-12(9)19-8-10/h3-4,7,10H,2,5-6,8H2,1H3,(H2,14,16,17). The summed E-state index contributed by atoms with van der Waals surface area (Å²) < 4.78 is 33.2. The molecule has 1 aliphatic heterocycles. The van der Waals surface area contributed by atoms with Crippen molar-refractivity contribution in [2.75, 3.05) is 13.2 Å². The SMILES string of the molecule is CCCOC(=O)C1COc2ccc(S(N)(=O)=O)cc2C1. The Hall–Kier alpha value is -1.60. The molecule has 0 aromatic heterocycles. The van der Waals surface area contributed by atoms with Gasteiger partial charge in [0.25, 0.3) is 0 Å². The van der Waals surface area contributed by atoms with Crippen molar-refractivity contribution in [2.24, 2.45) is 11.1 Å². The van der Waals surface area contributed by atoms with Gasteiger partial charge in [0.2, 0.25) is 10.0 Å². The number of fused-ring (bicyclic) bond motifs is 1. The Bertz CT molecular complexity index is 611. The van der Waals surface area contributed by atoms with E-state index >= 15 is 0 Å². The minimum Gasteiger partial charge on any atom is -0.492 e. The molecule has 110 valence electrons. The number of ether oxygens (including phenoxy) is 2. The Labute approximate surface area is 117 Å². The van der Waals surface area contributed by atoms with Crippen LogP contribution in [0.25, 0.3) is 0 Å². The maximum Gasteiger partial charge on any atom is 0.312 e. The van der Waals surface area contributed by atoms with Crippen molar-refractivity contribution in [3.63, 3.8) is 0 Å². The van der Waals surface area contributed by atoms with Crippen LogP contribution in [0.15, 0.2) is 23.1 Å². The molecule has 1 unspecified atom stereocenters. The molecule has 2 N–H and O–H groups in total. The zero-order chi connectivity index (χ0) is 14.8. The van der Waals surface area contributed by atoms with E-state index in [1.165, 1.54) is 12.1 Å². The zero-order valence-corrected chi connectivity index (χ0v) is 12.0. The van der Waals surface area contributed by atoms with E-state index in [0.29, 0.717) is 24.3 Å². The van der Waals surface area contributed by atoms with Crippen molar-refractivity contribution in [1.29, 1.82) is 0 Å². The van der Waals surface area contributed by atoms with E-state index in [4.69, 9.17) is 14.6 Å². The Morgan fingerprint density at radius 3 is 2.90 bits per heavy atom. The molecular formula is C13H17NO5S. The molecule has 1 aliphatic rings. The monoisotopic (exact) mass is 299 g/mol. The molecule has 2 rings (SSSR count). The summed E-state index contributed by atoms with van der Waals surface area (Å²) in [4.78, 5) is 11.8. The molecule has 7 heteroatoms. The molecule has 0 amide bonds. The van der Waals surface area contributed by atoms with Gasteiger partial charge in [0.1, 0.15) is 12.4 Å². The molecule has 6 nitrogen and oxygen atoms in total. The summed E-state index contributed by atoms with van der Waals surface area (Å²) in [6, 6.07) is 4.40. The molecule has 0 spiro atoms. The first kappa shape index (κ1) is 14.8. The fourth-order valence-electron chi connectivity index (χ4n) is 2.02. The number of esters is 1. The molecule has 0 saturated carbocycles. The molecule has 0 bridgehead atoms. The number of nitrogens with two attached hydrogens (primary N) is 1. The van der Waals surface area contributed by atoms with Crippen molar-refractivity contribution in [3.8, 4) is 5.75 Å². The number of sulfonamides is 1. The van der Waals surface area contributed by atoms with Crippen molar-refractivity contribution in [3.05, 3.63) is 23.8 Å². The lowest BCUT2D eigenvalue weighted by Crippen LogP contribution is -2.30. The Morgan fingerprint density at radius 2 is 2.25 bits per heavy atom. The molecule has 1 atom stereocenters. The predicted molar refractivity (Wildman–Crippen MR) is 71.8 cm³/mol. The summed E-state index contributed by atoms with van der Waals surface area (Å²) >= 11 is 0. The lowest BCUT2D eigenvalue weighted by Gasteiger charge is -2.24. The lowest BCUT2D eigenvalue weighted by molar-refractivity contribution is -0.150. The number of carbonyl (C=O) groups excluding carboxylic acids is 1. The summed E-state index contributed by atoms with van der Waals surface area (Å²) in [5.41, 5.74) is 0.654. The first-order valence-corrected chi connectivity index (χ1v) is 7.91. The summed E-state index contributed by atoms with van der Waals surface area (Å²) in [7, 11) is -3.76. The topological polar surface area (TPSA) is 95.7 Å². The number of hydrogen-bond acceptors (Lipinski definition) is 5. The van der Waals surface area contributed by atoms with Gasteiger partial charge in [-0.3, -0.25) is 4.79 Å². The van der Waals surface area contributed by atoms with Crippen LogP contribution < -0.4 is 9.88 Å². The number of hydrogen-bond donors (Lipinski definition) is 1. The lowest BCUT2D eigenvalue weighted by atomic mass is 9.97. The second-order valence-corrected chi connectivity index (χ2v) is 6.26. The van der Waals surface area contributed by atoms with Gasteiger partial charge in [-0.25, -0.2) is 13.6 Å². The molecule has 0 radical (unpaired) electrons. The van der Waals surface area contributed by atoms with Crippen molar-refractivity contribution >= 4 is 16.0 Å². The van der Waals surface area contributed by atoms with E-state index in [2.05, 4.69) is 0 Å². The number of carbonyl (C=O) groups is 1. The predicted octanol–water partition coefficient (Wildman–Crippen LogP) is 0.838. The Kier molecular flexibility index (Phi) is 4.29. The van der Waals surface area contributed by atoms with E-state index in [-0.39, 0.29) is 17.5 Å². The normalized spacial score (nSPS) is 18.0. The van der Waals surface area contributed by atoms with Crippen LogP contribution in [-0.4, -0.2) is 27.6 Å². The van der Waals surface area contributed by atoms with Crippen LogP contribution in [0.3, 0.4) is 0 Å². The highest BCUT2D eigenvalue weighted by Crippen LogP contribution is 2.29. The van der Waals surface area contributed by atoms with E-state index in [1.54, 1.807) is 6.07 Å². The van der Waals surface area contributed by atoms with Gasteiger partial charge in [0, 0.05) is 0 Å². The molecule has 0 fully saturated rings. The van der Waals surface area contributed by atoms with E-state index in [1.807, 2.05) is 6.92 Å². The molecular weight excluding hydrogens is 282 g/mol. The highest BCUT2D eigenvalue weighted by molar-refractivity contribution is 7.89. The summed E-state index contributed by atoms with van der Waals surface area (Å²) in [6.07, 6.45) is 1.15. The van der Waals surface area contributed by atoms with Crippen LogP contribution in [0.2, 0.25) is 0 Å². The summed E-state index contributed by atoms with van der Waals surface area (Å²) in [5.74, 6) is -0.153. The molecule has 1 aromatic rings. The third-order valence-electron chi connectivity index (χ3n) is 3.05. The quantitative estimate of drug-likeness (QED) is 0.831. The van der Waals surface area contributed by atoms with E-state index in [0.717, 1.165) is 6.42 Å². The summed E-state index contributed by atoms with van der Waals surface area (Å²) in [5, 5.41) is 5.09. The number of benzene rings is 1. The van der Waals surface area contributed by atoms with Gasteiger partial charge in [-0.1, -0.05) is 6.92 Å². The van der Waals surface area contributed by atoms with Crippen LogP contribution in [0, 0.1) is 5.92 Å². The van der Waals surface area contributed by atoms with Gasteiger partial charge in [-0.05, 0) is 36.6 Å². The number of primary sulfonamides is 1. The highest BCUT2D eigenvalue weighted by atomic mass is 32.2. The smallest absolute Gasteiger partial charge is 0.312 e. The molecule has 0 saturated heterocycles. The van der Waals surface area contributed by atoms with Crippen molar-refractivity contribution < 1.29 is 22.7 Å². The van der Waals surface area contributed by atoms with E-state index in [9.17, 15) is 13.2 Å². The summed E-state index contributed by atoms with van der Waals surface area (Å²) in [6.45, 7) is 2.53. The maximum atomic E-state index is 11.8. The van der Waals surface area contributed by atoms with Gasteiger partial charge >= 0.3 is 5.97 Å². The molecule has 0 aliphatic carbocycles. The van der Waals surface area contributed by atoms with Crippen LogP contribution in [-0.2, 0) is 26.0 Å². The maximum absolute atomic E-state index is 11.8. The van der Waals surface area contributed by atoms with Crippen molar-refractivity contribution in [1.82, 2.24) is 0 Å². The van der Waals surface area contributed by atoms with Crippen molar-refractivity contribution in [2.45, 2.75) is 24.7 Å². The minimum atomic E-state index is -3.76. The van der Waals surface area contributed by atoms with Crippen LogP contribution in [0.5, 0.6) is 5.75 Å².